The van der Waals surface area contributed by atoms with Gasteiger partial charge in [0.05, 0.1) is 11.4 Å². The summed E-state index contributed by atoms with van der Waals surface area (Å²) in [6.45, 7) is 1.78. The van der Waals surface area contributed by atoms with Crippen molar-refractivity contribution in [2.24, 2.45) is 0 Å². The van der Waals surface area contributed by atoms with Crippen LogP contribution in [0.3, 0.4) is 0 Å². The number of H-pyrrole nitrogens is 1. The molecule has 0 bridgehead atoms. The van der Waals surface area contributed by atoms with E-state index in [1.165, 1.54) is 0 Å². The monoisotopic (exact) mass is 370 g/mol. The number of para-hydroxylation sites is 1. The molecular weight excluding hydrogens is 352 g/mol. The van der Waals surface area contributed by atoms with E-state index in [-0.39, 0.29) is 5.91 Å². The molecule has 1 fully saturated rings. The average Bonchev–Trinajstić information content (AvgIpc) is 3.26. The zero-order valence-corrected chi connectivity index (χ0v) is 15.4. The molecule has 25 heavy (non-hydrogen) atoms. The molecule has 1 aliphatic heterocycles. The molecule has 0 spiro atoms. The molecule has 5 heteroatoms. The fourth-order valence-electron chi connectivity index (χ4n) is 3.29. The van der Waals surface area contributed by atoms with E-state index in [0.29, 0.717) is 6.42 Å². The molecule has 0 saturated carbocycles. The number of carbonyl (C=O) groups excluding carboxylic acids is 1. The van der Waals surface area contributed by atoms with Crippen molar-refractivity contribution in [2.75, 3.05) is 13.1 Å². The Bertz CT molecular complexity index is 898. The van der Waals surface area contributed by atoms with Crippen LogP contribution in [0.2, 0.25) is 5.02 Å². The fraction of sp³-hybridized carbons (Fsp3) is 0.250. The minimum Gasteiger partial charge on any atom is -0.349 e. The smallest absolute Gasteiger partial charge is 0.227 e. The standard InChI is InChI=1S/C20H19ClN2OS/c21-14-7-9-15(10-8-14)25-20-17(13-19(24)23-11-3-4-12-23)16-5-1-2-6-18(16)22-20/h1-2,5-10,22H,3-4,11-13H2. The maximum Gasteiger partial charge on any atom is 0.227 e. The highest BCUT2D eigenvalue weighted by Gasteiger charge is 2.22. The average molecular weight is 371 g/mol. The maximum atomic E-state index is 12.7. The van der Waals surface area contributed by atoms with E-state index in [4.69, 9.17) is 11.6 Å². The van der Waals surface area contributed by atoms with Gasteiger partial charge in [-0.1, -0.05) is 41.6 Å². The first-order valence-corrected chi connectivity index (χ1v) is 9.71. The fourth-order valence-corrected chi connectivity index (χ4v) is 4.39. The summed E-state index contributed by atoms with van der Waals surface area (Å²) in [6.07, 6.45) is 2.68. The van der Waals surface area contributed by atoms with Gasteiger partial charge in [0.1, 0.15) is 0 Å². The van der Waals surface area contributed by atoms with Gasteiger partial charge in [0.2, 0.25) is 5.91 Å². The molecule has 2 heterocycles. The van der Waals surface area contributed by atoms with Crippen molar-refractivity contribution in [3.63, 3.8) is 0 Å². The van der Waals surface area contributed by atoms with E-state index in [9.17, 15) is 4.79 Å². The van der Waals surface area contributed by atoms with E-state index in [2.05, 4.69) is 17.1 Å². The zero-order chi connectivity index (χ0) is 17.2. The van der Waals surface area contributed by atoms with Crippen LogP contribution in [-0.2, 0) is 11.2 Å². The summed E-state index contributed by atoms with van der Waals surface area (Å²) in [5.74, 6) is 0.222. The largest absolute Gasteiger partial charge is 0.349 e. The minimum atomic E-state index is 0.222. The third-order valence-electron chi connectivity index (χ3n) is 4.59. The molecule has 1 amide bonds. The van der Waals surface area contributed by atoms with Crippen LogP contribution < -0.4 is 0 Å². The van der Waals surface area contributed by atoms with Crippen LogP contribution in [0.1, 0.15) is 18.4 Å². The lowest BCUT2D eigenvalue weighted by atomic mass is 10.1. The highest BCUT2D eigenvalue weighted by Crippen LogP contribution is 2.35. The molecule has 0 unspecified atom stereocenters. The van der Waals surface area contributed by atoms with Crippen LogP contribution in [0, 0.1) is 0 Å². The molecule has 128 valence electrons. The van der Waals surface area contributed by atoms with Crippen molar-refractivity contribution >= 4 is 40.2 Å². The van der Waals surface area contributed by atoms with Crippen molar-refractivity contribution in [3.8, 4) is 0 Å². The van der Waals surface area contributed by atoms with Gasteiger partial charge in [-0.05, 0) is 43.2 Å². The third-order valence-corrected chi connectivity index (χ3v) is 5.91. The summed E-state index contributed by atoms with van der Waals surface area (Å²) in [4.78, 5) is 19.3. The Morgan fingerprint density at radius 2 is 1.80 bits per heavy atom. The second-order valence-electron chi connectivity index (χ2n) is 6.30. The topological polar surface area (TPSA) is 36.1 Å². The quantitative estimate of drug-likeness (QED) is 0.690. The molecular formula is C20H19ClN2OS. The molecule has 0 radical (unpaired) electrons. The van der Waals surface area contributed by atoms with Gasteiger partial charge in [0.15, 0.2) is 0 Å². The Balaban J connectivity index is 1.67. The van der Waals surface area contributed by atoms with E-state index >= 15 is 0 Å². The van der Waals surface area contributed by atoms with Crippen LogP contribution in [0.15, 0.2) is 58.5 Å². The predicted molar refractivity (Wildman–Crippen MR) is 103 cm³/mol. The second kappa shape index (κ2) is 7.14. The van der Waals surface area contributed by atoms with Crippen molar-refractivity contribution in [1.82, 2.24) is 9.88 Å². The molecule has 1 N–H and O–H groups in total. The first-order valence-electron chi connectivity index (χ1n) is 8.51. The Hall–Kier alpha value is -1.91. The minimum absolute atomic E-state index is 0.222. The summed E-state index contributed by atoms with van der Waals surface area (Å²) < 4.78 is 0. The Morgan fingerprint density at radius 1 is 1.08 bits per heavy atom. The number of benzene rings is 2. The van der Waals surface area contributed by atoms with Gasteiger partial charge in [0.25, 0.3) is 0 Å². The van der Waals surface area contributed by atoms with Crippen LogP contribution in [0.4, 0.5) is 0 Å². The lowest BCUT2D eigenvalue weighted by Crippen LogP contribution is -2.29. The lowest BCUT2D eigenvalue weighted by molar-refractivity contribution is -0.129. The summed E-state index contributed by atoms with van der Waals surface area (Å²) in [5, 5.41) is 2.90. The number of aromatic amines is 1. The molecule has 0 aliphatic carbocycles. The first-order chi connectivity index (χ1) is 12.2. The van der Waals surface area contributed by atoms with Crippen LogP contribution >= 0.6 is 23.4 Å². The molecule has 2 aromatic carbocycles. The van der Waals surface area contributed by atoms with E-state index in [1.54, 1.807) is 11.8 Å². The number of amides is 1. The number of hydrogen-bond acceptors (Lipinski definition) is 2. The van der Waals surface area contributed by atoms with E-state index < -0.39 is 0 Å². The summed E-state index contributed by atoms with van der Waals surface area (Å²) in [6, 6.07) is 16.0. The SMILES string of the molecule is O=C(Cc1c(Sc2ccc(Cl)cc2)[nH]c2ccccc12)N1CCCC1. The highest BCUT2D eigenvalue weighted by molar-refractivity contribution is 7.99. The molecule has 1 saturated heterocycles. The number of hydrogen-bond donors (Lipinski definition) is 1. The number of nitrogens with zero attached hydrogens (tertiary/aromatic N) is 1. The number of rotatable bonds is 4. The maximum absolute atomic E-state index is 12.7. The van der Waals surface area contributed by atoms with Gasteiger partial charge in [-0.25, -0.2) is 0 Å². The number of carbonyl (C=O) groups is 1. The zero-order valence-electron chi connectivity index (χ0n) is 13.8. The van der Waals surface area contributed by atoms with Crippen molar-refractivity contribution in [1.29, 1.82) is 0 Å². The molecule has 0 atom stereocenters. The number of halogens is 1. The lowest BCUT2D eigenvalue weighted by Gasteiger charge is -2.15. The van der Waals surface area contributed by atoms with Crippen molar-refractivity contribution < 1.29 is 4.79 Å². The number of likely N-dealkylation sites (tertiary alicyclic amines) is 1. The van der Waals surface area contributed by atoms with Crippen molar-refractivity contribution in [2.45, 2.75) is 29.2 Å². The second-order valence-corrected chi connectivity index (χ2v) is 7.82. The van der Waals surface area contributed by atoms with Gasteiger partial charge in [-0.15, -0.1) is 0 Å². The third kappa shape index (κ3) is 3.55. The van der Waals surface area contributed by atoms with E-state index in [1.807, 2.05) is 41.3 Å². The highest BCUT2D eigenvalue weighted by atomic mass is 35.5. The number of aromatic nitrogens is 1. The van der Waals surface area contributed by atoms with Gasteiger partial charge in [0, 0.05) is 39.5 Å². The van der Waals surface area contributed by atoms with Gasteiger partial charge >= 0.3 is 0 Å². The molecule has 3 nitrogen and oxygen atoms in total. The van der Waals surface area contributed by atoms with E-state index in [0.717, 1.165) is 57.3 Å². The number of fused-ring (bicyclic) bond motifs is 1. The Kier molecular flexibility index (Phi) is 4.73. The summed E-state index contributed by atoms with van der Waals surface area (Å²) in [7, 11) is 0. The Morgan fingerprint density at radius 3 is 2.56 bits per heavy atom. The van der Waals surface area contributed by atoms with Crippen LogP contribution in [-0.4, -0.2) is 28.9 Å². The van der Waals surface area contributed by atoms with Crippen LogP contribution in [0.25, 0.3) is 10.9 Å². The number of nitrogens with one attached hydrogen (secondary N) is 1. The Labute approximate surface area is 156 Å². The molecule has 1 aromatic heterocycles. The molecule has 1 aliphatic rings. The first kappa shape index (κ1) is 16.6. The molecule has 3 aromatic rings. The van der Waals surface area contributed by atoms with Gasteiger partial charge in [-0.3, -0.25) is 4.79 Å². The van der Waals surface area contributed by atoms with Gasteiger partial charge < -0.3 is 9.88 Å². The molecule has 4 rings (SSSR count). The normalized spacial score (nSPS) is 14.4. The summed E-state index contributed by atoms with van der Waals surface area (Å²) >= 11 is 7.63. The summed E-state index contributed by atoms with van der Waals surface area (Å²) in [5.41, 5.74) is 2.16. The van der Waals surface area contributed by atoms with Crippen LogP contribution in [0.5, 0.6) is 0 Å². The van der Waals surface area contributed by atoms with Gasteiger partial charge in [-0.2, -0.15) is 0 Å². The van der Waals surface area contributed by atoms with Crippen molar-refractivity contribution in [3.05, 3.63) is 59.1 Å². The predicted octanol–water partition coefficient (Wildman–Crippen LogP) is 5.14.